The molecule has 0 aliphatic heterocycles. The predicted molar refractivity (Wildman–Crippen MR) is 63.5 cm³/mol. The van der Waals surface area contributed by atoms with Crippen LogP contribution in [0.5, 0.6) is 0 Å². The zero-order valence-corrected chi connectivity index (χ0v) is 10.3. The van der Waals surface area contributed by atoms with Crippen LogP contribution in [0.4, 0.5) is 0 Å². The Morgan fingerprint density at radius 2 is 1.43 bits per heavy atom. The number of unbranched alkanes of at least 4 members (excludes halogenated alkanes) is 3. The van der Waals surface area contributed by atoms with Crippen molar-refractivity contribution in [2.75, 3.05) is 6.61 Å². The van der Waals surface area contributed by atoms with Crippen LogP contribution in [-0.2, 0) is 0 Å². The van der Waals surface area contributed by atoms with E-state index in [1.807, 2.05) is 0 Å². The molecule has 86 valence electrons. The first-order valence-electron chi connectivity index (χ1n) is 6.35. The van der Waals surface area contributed by atoms with E-state index in [0.717, 1.165) is 6.42 Å². The first kappa shape index (κ1) is 14.0. The van der Waals surface area contributed by atoms with Gasteiger partial charge in [-0.3, -0.25) is 0 Å². The van der Waals surface area contributed by atoms with E-state index in [-0.39, 0.29) is 5.41 Å². The number of hydrogen-bond acceptors (Lipinski definition) is 1. The minimum absolute atomic E-state index is 0.241. The summed E-state index contributed by atoms with van der Waals surface area (Å²) in [6, 6.07) is 0. The minimum atomic E-state index is 0.241. The zero-order chi connectivity index (χ0) is 10.9. The van der Waals surface area contributed by atoms with Crippen LogP contribution in [0, 0.1) is 5.41 Å². The molecule has 1 nitrogen and oxygen atoms in total. The molecule has 0 aliphatic rings. The Labute approximate surface area is 89.9 Å². The van der Waals surface area contributed by atoms with E-state index in [0.29, 0.717) is 6.61 Å². The third kappa shape index (κ3) is 4.99. The third-order valence-corrected chi connectivity index (χ3v) is 3.46. The molecule has 1 atom stereocenters. The molecule has 0 heterocycles. The molecule has 1 N–H and O–H groups in total. The van der Waals surface area contributed by atoms with Crippen LogP contribution in [-0.4, -0.2) is 11.7 Å². The standard InChI is InChI=1S/C13H28O/c1-4-7-9-11-13(6-3,12-14)10-8-5-2/h14H,4-12H2,1-3H3. The molecule has 0 rings (SSSR count). The van der Waals surface area contributed by atoms with Gasteiger partial charge < -0.3 is 5.11 Å². The molecule has 0 aromatic rings. The van der Waals surface area contributed by atoms with Gasteiger partial charge in [0.05, 0.1) is 0 Å². The molecule has 0 radical (unpaired) electrons. The maximum absolute atomic E-state index is 9.50. The van der Waals surface area contributed by atoms with Crippen LogP contribution in [0.25, 0.3) is 0 Å². The molecule has 0 aliphatic carbocycles. The van der Waals surface area contributed by atoms with Crippen molar-refractivity contribution in [3.63, 3.8) is 0 Å². The van der Waals surface area contributed by atoms with Gasteiger partial charge in [-0.1, -0.05) is 52.9 Å². The summed E-state index contributed by atoms with van der Waals surface area (Å²) in [5.74, 6) is 0. The Hall–Kier alpha value is -0.0400. The molecule has 14 heavy (non-hydrogen) atoms. The van der Waals surface area contributed by atoms with Gasteiger partial charge in [-0.25, -0.2) is 0 Å². The van der Waals surface area contributed by atoms with Crippen LogP contribution >= 0.6 is 0 Å². The van der Waals surface area contributed by atoms with E-state index in [2.05, 4.69) is 20.8 Å². The number of aliphatic hydroxyl groups is 1. The molecule has 1 unspecified atom stereocenters. The summed E-state index contributed by atoms with van der Waals surface area (Å²) in [4.78, 5) is 0. The van der Waals surface area contributed by atoms with Crippen molar-refractivity contribution < 1.29 is 5.11 Å². The first-order chi connectivity index (χ1) is 6.74. The van der Waals surface area contributed by atoms with Gasteiger partial charge in [0.1, 0.15) is 0 Å². The second-order valence-electron chi connectivity index (χ2n) is 4.57. The van der Waals surface area contributed by atoms with Crippen molar-refractivity contribution in [3.8, 4) is 0 Å². The molecule has 0 bridgehead atoms. The fourth-order valence-corrected chi connectivity index (χ4v) is 2.05. The average Bonchev–Trinajstić information content (AvgIpc) is 2.24. The monoisotopic (exact) mass is 200 g/mol. The van der Waals surface area contributed by atoms with Crippen molar-refractivity contribution in [1.82, 2.24) is 0 Å². The summed E-state index contributed by atoms with van der Waals surface area (Å²) in [7, 11) is 0. The molecule has 1 heteroatoms. The fraction of sp³-hybridized carbons (Fsp3) is 1.00. The first-order valence-corrected chi connectivity index (χ1v) is 6.35. The fourth-order valence-electron chi connectivity index (χ4n) is 2.05. The molecule has 0 aromatic heterocycles. The van der Waals surface area contributed by atoms with Gasteiger partial charge in [0, 0.05) is 6.61 Å². The molecule has 0 aromatic carbocycles. The minimum Gasteiger partial charge on any atom is -0.396 e. The number of aliphatic hydroxyl groups excluding tert-OH is 1. The predicted octanol–water partition coefficient (Wildman–Crippen LogP) is 4.15. The number of rotatable bonds is 9. The Bertz CT molecular complexity index is 116. The normalized spacial score (nSPS) is 15.4. The summed E-state index contributed by atoms with van der Waals surface area (Å²) >= 11 is 0. The molecule has 0 saturated heterocycles. The van der Waals surface area contributed by atoms with E-state index >= 15 is 0 Å². The Balaban J connectivity index is 3.94. The lowest BCUT2D eigenvalue weighted by molar-refractivity contribution is 0.0946. The molecule has 0 saturated carbocycles. The highest BCUT2D eigenvalue weighted by molar-refractivity contribution is 4.76. The lowest BCUT2D eigenvalue weighted by Crippen LogP contribution is -2.24. The second-order valence-corrected chi connectivity index (χ2v) is 4.57. The Morgan fingerprint density at radius 3 is 1.86 bits per heavy atom. The smallest absolute Gasteiger partial charge is 0.0487 e. The highest BCUT2D eigenvalue weighted by Gasteiger charge is 2.25. The van der Waals surface area contributed by atoms with E-state index in [4.69, 9.17) is 0 Å². The van der Waals surface area contributed by atoms with Crippen molar-refractivity contribution in [1.29, 1.82) is 0 Å². The van der Waals surface area contributed by atoms with Gasteiger partial charge in [0.15, 0.2) is 0 Å². The zero-order valence-electron chi connectivity index (χ0n) is 10.3. The third-order valence-electron chi connectivity index (χ3n) is 3.46. The lowest BCUT2D eigenvalue weighted by Gasteiger charge is -2.30. The topological polar surface area (TPSA) is 20.2 Å². The van der Waals surface area contributed by atoms with E-state index < -0.39 is 0 Å². The van der Waals surface area contributed by atoms with E-state index in [1.165, 1.54) is 44.9 Å². The van der Waals surface area contributed by atoms with Crippen molar-refractivity contribution in [3.05, 3.63) is 0 Å². The summed E-state index contributed by atoms with van der Waals surface area (Å²) in [6.45, 7) is 7.06. The quantitative estimate of drug-likeness (QED) is 0.554. The van der Waals surface area contributed by atoms with Crippen LogP contribution < -0.4 is 0 Å². The van der Waals surface area contributed by atoms with Crippen molar-refractivity contribution in [2.24, 2.45) is 5.41 Å². The highest BCUT2D eigenvalue weighted by Crippen LogP contribution is 2.34. The maximum atomic E-state index is 9.50. The molecule has 0 spiro atoms. The van der Waals surface area contributed by atoms with Crippen LogP contribution in [0.3, 0.4) is 0 Å². The summed E-state index contributed by atoms with van der Waals surface area (Å²) in [5, 5.41) is 9.50. The van der Waals surface area contributed by atoms with Gasteiger partial charge in [0.2, 0.25) is 0 Å². The van der Waals surface area contributed by atoms with Crippen molar-refractivity contribution >= 4 is 0 Å². The van der Waals surface area contributed by atoms with Gasteiger partial charge in [0.25, 0.3) is 0 Å². The van der Waals surface area contributed by atoms with E-state index in [1.54, 1.807) is 0 Å². The molecular formula is C13H28O. The van der Waals surface area contributed by atoms with Crippen LogP contribution in [0.15, 0.2) is 0 Å². The largest absolute Gasteiger partial charge is 0.396 e. The highest BCUT2D eigenvalue weighted by atomic mass is 16.3. The second kappa shape index (κ2) is 8.28. The maximum Gasteiger partial charge on any atom is 0.0487 e. The average molecular weight is 200 g/mol. The molecule has 0 amide bonds. The summed E-state index contributed by atoms with van der Waals surface area (Å²) in [6.07, 6.45) is 9.94. The van der Waals surface area contributed by atoms with Gasteiger partial charge >= 0.3 is 0 Å². The molecule has 0 fully saturated rings. The van der Waals surface area contributed by atoms with Crippen LogP contribution in [0.1, 0.15) is 72.1 Å². The van der Waals surface area contributed by atoms with Gasteiger partial charge in [-0.2, -0.15) is 0 Å². The summed E-state index contributed by atoms with van der Waals surface area (Å²) in [5.41, 5.74) is 0.241. The Morgan fingerprint density at radius 1 is 0.857 bits per heavy atom. The summed E-state index contributed by atoms with van der Waals surface area (Å²) < 4.78 is 0. The van der Waals surface area contributed by atoms with Crippen LogP contribution in [0.2, 0.25) is 0 Å². The lowest BCUT2D eigenvalue weighted by atomic mass is 9.77. The van der Waals surface area contributed by atoms with E-state index in [9.17, 15) is 5.11 Å². The van der Waals surface area contributed by atoms with Gasteiger partial charge in [-0.05, 0) is 24.7 Å². The number of hydrogen-bond donors (Lipinski definition) is 1. The van der Waals surface area contributed by atoms with Gasteiger partial charge in [-0.15, -0.1) is 0 Å². The molecular weight excluding hydrogens is 172 g/mol. The van der Waals surface area contributed by atoms with Crippen molar-refractivity contribution in [2.45, 2.75) is 72.1 Å². The SMILES string of the molecule is CCCCCC(CC)(CO)CCCC. The Kier molecular flexibility index (Phi) is 8.26.